The predicted molar refractivity (Wildman–Crippen MR) is 126 cm³/mol. The number of nitrogens with zero attached hydrogens (tertiary/aromatic N) is 3. The number of piperazine rings is 1. The monoisotopic (exact) mass is 464 g/mol. The summed E-state index contributed by atoms with van der Waals surface area (Å²) in [5, 5.41) is 3.47. The Balaban J connectivity index is 1.80. The number of sulfonamides is 1. The third-order valence-corrected chi connectivity index (χ3v) is 7.85. The van der Waals surface area contributed by atoms with E-state index in [0.717, 1.165) is 31.9 Å². The molecule has 0 atom stereocenters. The maximum absolute atomic E-state index is 12.9. The Kier molecular flexibility index (Phi) is 7.26. The van der Waals surface area contributed by atoms with Crippen molar-refractivity contribution < 1.29 is 13.2 Å². The highest BCUT2D eigenvalue weighted by Crippen LogP contribution is 2.30. The average Bonchev–Trinajstić information content (AvgIpc) is 2.74. The van der Waals surface area contributed by atoms with Crippen LogP contribution in [0.25, 0.3) is 0 Å². The van der Waals surface area contributed by atoms with Gasteiger partial charge in [-0.1, -0.05) is 11.6 Å². The Morgan fingerprint density at radius 2 is 1.68 bits per heavy atom. The van der Waals surface area contributed by atoms with E-state index < -0.39 is 10.0 Å². The molecule has 0 spiro atoms. The summed E-state index contributed by atoms with van der Waals surface area (Å²) in [6.45, 7) is 7.21. The molecule has 0 bridgehead atoms. The lowest BCUT2D eigenvalue weighted by Gasteiger charge is -2.35. The maximum atomic E-state index is 12.9. The molecule has 0 saturated carbocycles. The standard InChI is InChI=1S/C22H29ClN4O3S/c1-16(2)26(4)31(29,30)19-8-5-17(6-9-19)22(28)24-20-15-18(23)7-10-21(20)27-13-11-25(3)12-14-27/h5-10,15-16H,11-14H2,1-4H3,(H,24,28). The Hall–Kier alpha value is -2.13. The SMILES string of the molecule is CC(C)N(C)S(=O)(=O)c1ccc(C(=O)Nc2cc(Cl)ccc2N2CCN(C)CC2)cc1. The van der Waals surface area contributed by atoms with Gasteiger partial charge in [0, 0.05) is 49.9 Å². The fraction of sp³-hybridized carbons (Fsp3) is 0.409. The van der Waals surface area contributed by atoms with Gasteiger partial charge in [0.2, 0.25) is 10.0 Å². The van der Waals surface area contributed by atoms with Crippen LogP contribution in [0.3, 0.4) is 0 Å². The summed E-state index contributed by atoms with van der Waals surface area (Å²) in [5.74, 6) is -0.321. The Morgan fingerprint density at radius 3 is 2.26 bits per heavy atom. The first kappa shape index (κ1) is 23.5. The summed E-state index contributed by atoms with van der Waals surface area (Å²) in [5.41, 5.74) is 1.93. The third kappa shape index (κ3) is 5.38. The molecule has 0 aliphatic carbocycles. The van der Waals surface area contributed by atoms with Crippen molar-refractivity contribution in [2.45, 2.75) is 24.8 Å². The summed E-state index contributed by atoms with van der Waals surface area (Å²) in [7, 11) is 0.0319. The van der Waals surface area contributed by atoms with Crippen molar-refractivity contribution in [3.8, 4) is 0 Å². The van der Waals surface area contributed by atoms with Crippen LogP contribution in [0, 0.1) is 0 Å². The summed E-state index contributed by atoms with van der Waals surface area (Å²) >= 11 is 6.19. The molecule has 168 valence electrons. The number of hydrogen-bond donors (Lipinski definition) is 1. The van der Waals surface area contributed by atoms with E-state index in [1.807, 2.05) is 26.0 Å². The molecule has 1 N–H and O–H groups in total. The number of hydrogen-bond acceptors (Lipinski definition) is 5. The fourth-order valence-corrected chi connectivity index (χ4v) is 4.89. The van der Waals surface area contributed by atoms with Gasteiger partial charge in [-0.05, 0) is 63.4 Å². The van der Waals surface area contributed by atoms with Gasteiger partial charge in [0.1, 0.15) is 0 Å². The highest BCUT2D eigenvalue weighted by Gasteiger charge is 2.23. The topological polar surface area (TPSA) is 73.0 Å². The fourth-order valence-electron chi connectivity index (χ4n) is 3.35. The largest absolute Gasteiger partial charge is 0.367 e. The minimum atomic E-state index is -3.60. The highest BCUT2D eigenvalue weighted by molar-refractivity contribution is 7.89. The van der Waals surface area contributed by atoms with Crippen molar-refractivity contribution in [1.82, 2.24) is 9.21 Å². The number of amides is 1. The van der Waals surface area contributed by atoms with Crippen LogP contribution in [-0.4, -0.2) is 69.8 Å². The first-order valence-corrected chi connectivity index (χ1v) is 12.0. The molecule has 2 aromatic carbocycles. The molecular weight excluding hydrogens is 436 g/mol. The van der Waals surface area contributed by atoms with E-state index in [0.29, 0.717) is 16.3 Å². The quantitative estimate of drug-likeness (QED) is 0.709. The summed E-state index contributed by atoms with van der Waals surface area (Å²) < 4.78 is 26.6. The van der Waals surface area contributed by atoms with E-state index in [4.69, 9.17) is 11.6 Å². The minimum Gasteiger partial charge on any atom is -0.367 e. The Morgan fingerprint density at radius 1 is 1.06 bits per heavy atom. The van der Waals surface area contributed by atoms with Gasteiger partial charge in [-0.25, -0.2) is 8.42 Å². The number of anilines is 2. The molecule has 1 fully saturated rings. The van der Waals surface area contributed by atoms with Crippen molar-refractivity contribution in [3.05, 3.63) is 53.1 Å². The lowest BCUT2D eigenvalue weighted by atomic mass is 10.1. The molecule has 3 rings (SSSR count). The van der Waals surface area contributed by atoms with E-state index in [1.54, 1.807) is 13.1 Å². The second-order valence-corrected chi connectivity index (χ2v) is 10.5. The van der Waals surface area contributed by atoms with Gasteiger partial charge < -0.3 is 15.1 Å². The average molecular weight is 465 g/mol. The van der Waals surface area contributed by atoms with E-state index in [1.165, 1.54) is 28.6 Å². The van der Waals surface area contributed by atoms with Gasteiger partial charge in [-0.15, -0.1) is 0 Å². The third-order valence-electron chi connectivity index (χ3n) is 5.57. The van der Waals surface area contributed by atoms with Gasteiger partial charge >= 0.3 is 0 Å². The first-order chi connectivity index (χ1) is 14.6. The number of carbonyl (C=O) groups is 1. The van der Waals surface area contributed by atoms with E-state index in [-0.39, 0.29) is 16.8 Å². The number of nitrogens with one attached hydrogen (secondary N) is 1. The van der Waals surface area contributed by atoms with E-state index in [2.05, 4.69) is 22.2 Å². The molecule has 1 aliphatic rings. The molecule has 1 amide bonds. The predicted octanol–water partition coefficient (Wildman–Crippen LogP) is 3.37. The van der Waals surface area contributed by atoms with Crippen LogP contribution >= 0.6 is 11.6 Å². The lowest BCUT2D eigenvalue weighted by molar-refractivity contribution is 0.102. The molecule has 2 aromatic rings. The van der Waals surface area contributed by atoms with Crippen LogP contribution < -0.4 is 10.2 Å². The summed E-state index contributed by atoms with van der Waals surface area (Å²) in [4.78, 5) is 17.5. The van der Waals surface area contributed by atoms with Crippen LogP contribution in [0.2, 0.25) is 5.02 Å². The molecular formula is C22H29ClN4O3S. The molecule has 7 nitrogen and oxygen atoms in total. The molecule has 31 heavy (non-hydrogen) atoms. The second-order valence-electron chi connectivity index (χ2n) is 8.05. The minimum absolute atomic E-state index is 0.154. The number of benzene rings is 2. The maximum Gasteiger partial charge on any atom is 0.255 e. The molecule has 1 heterocycles. The van der Waals surface area contributed by atoms with Gasteiger partial charge in [-0.3, -0.25) is 4.79 Å². The molecule has 0 radical (unpaired) electrons. The second kappa shape index (κ2) is 9.56. The Bertz CT molecular complexity index is 1030. The van der Waals surface area contributed by atoms with Crippen molar-refractivity contribution in [3.63, 3.8) is 0 Å². The van der Waals surface area contributed by atoms with Crippen molar-refractivity contribution >= 4 is 38.9 Å². The van der Waals surface area contributed by atoms with Gasteiger partial charge in [0.15, 0.2) is 0 Å². The zero-order chi connectivity index (χ0) is 22.8. The van der Waals surface area contributed by atoms with E-state index >= 15 is 0 Å². The number of rotatable bonds is 6. The Labute approximate surface area is 189 Å². The van der Waals surface area contributed by atoms with Gasteiger partial charge in [0.05, 0.1) is 16.3 Å². The van der Waals surface area contributed by atoms with Crippen molar-refractivity contribution in [2.24, 2.45) is 0 Å². The van der Waals surface area contributed by atoms with Crippen LogP contribution in [0.15, 0.2) is 47.4 Å². The first-order valence-electron chi connectivity index (χ1n) is 10.2. The number of halogens is 1. The zero-order valence-corrected chi connectivity index (χ0v) is 19.9. The van der Waals surface area contributed by atoms with Gasteiger partial charge in [-0.2, -0.15) is 4.31 Å². The molecule has 1 aliphatic heterocycles. The smallest absolute Gasteiger partial charge is 0.255 e. The van der Waals surface area contributed by atoms with Crippen LogP contribution in [0.1, 0.15) is 24.2 Å². The number of carbonyl (C=O) groups excluding carboxylic acids is 1. The van der Waals surface area contributed by atoms with E-state index in [9.17, 15) is 13.2 Å². The lowest BCUT2D eigenvalue weighted by Crippen LogP contribution is -2.44. The van der Waals surface area contributed by atoms with Crippen molar-refractivity contribution in [1.29, 1.82) is 0 Å². The molecule has 0 unspecified atom stereocenters. The number of likely N-dealkylation sites (N-methyl/N-ethyl adjacent to an activating group) is 1. The molecule has 9 heteroatoms. The summed E-state index contributed by atoms with van der Waals surface area (Å²) in [6.07, 6.45) is 0. The van der Waals surface area contributed by atoms with Gasteiger partial charge in [0.25, 0.3) is 5.91 Å². The highest BCUT2D eigenvalue weighted by atomic mass is 35.5. The van der Waals surface area contributed by atoms with Crippen LogP contribution in [0.5, 0.6) is 0 Å². The van der Waals surface area contributed by atoms with Crippen molar-refractivity contribution in [2.75, 3.05) is 50.5 Å². The van der Waals surface area contributed by atoms with Crippen LogP contribution in [0.4, 0.5) is 11.4 Å². The normalized spacial score (nSPS) is 15.5. The molecule has 0 aromatic heterocycles. The molecule has 1 saturated heterocycles. The summed E-state index contributed by atoms with van der Waals surface area (Å²) in [6, 6.07) is 11.3. The zero-order valence-electron chi connectivity index (χ0n) is 18.3. The van der Waals surface area contributed by atoms with Crippen LogP contribution in [-0.2, 0) is 10.0 Å².